The lowest BCUT2D eigenvalue weighted by atomic mass is 9.76. The molecule has 11 heteroatoms. The number of nitrogens with zero attached hydrogens (tertiary/aromatic N) is 1. The minimum absolute atomic E-state index is 0.000559. The van der Waals surface area contributed by atoms with Crippen LogP contribution < -0.4 is 0 Å². The number of aromatic amines is 1. The Hall–Kier alpha value is -1.86. The van der Waals surface area contributed by atoms with Crippen molar-refractivity contribution in [2.45, 2.75) is 205 Å². The Morgan fingerprint density at radius 1 is 1.00 bits per heavy atom. The first-order chi connectivity index (χ1) is 25.0. The first-order valence-corrected chi connectivity index (χ1v) is 20.7. The molecule has 0 bridgehead atoms. The minimum atomic E-state index is -1.29. The molecular weight excluding hydrogens is 676 g/mol. The van der Waals surface area contributed by atoms with E-state index in [1.54, 1.807) is 6.08 Å². The van der Waals surface area contributed by atoms with Gasteiger partial charge in [0.1, 0.15) is 6.10 Å². The average molecular weight is 745 g/mol. The van der Waals surface area contributed by atoms with Crippen molar-refractivity contribution >= 4 is 5.97 Å². The Labute approximate surface area is 316 Å². The lowest BCUT2D eigenvalue weighted by molar-refractivity contribution is -0.408. The minimum Gasteiger partial charge on any atom is -0.481 e. The normalized spacial score (nSPS) is 45.0. The van der Waals surface area contributed by atoms with Gasteiger partial charge < -0.3 is 39.0 Å². The number of carboxylic acids is 1. The van der Waals surface area contributed by atoms with Gasteiger partial charge in [0.15, 0.2) is 5.79 Å². The Balaban J connectivity index is 1.22. The van der Waals surface area contributed by atoms with Crippen LogP contribution in [0.3, 0.4) is 0 Å². The molecule has 1 aromatic heterocycles. The summed E-state index contributed by atoms with van der Waals surface area (Å²) in [5.41, 5.74) is 1.55. The number of aliphatic hydroxyl groups excluding tert-OH is 1. The molecule has 300 valence electrons. The number of hydrogen-bond acceptors (Lipinski definition) is 9. The highest BCUT2D eigenvalue weighted by molar-refractivity contribution is 5.70. The number of rotatable bonds is 10. The van der Waals surface area contributed by atoms with Gasteiger partial charge in [-0.25, -0.2) is 0 Å². The molecule has 5 aliphatic heterocycles. The number of ether oxygens (including phenoxy) is 5. The molecule has 0 saturated carbocycles. The van der Waals surface area contributed by atoms with Crippen molar-refractivity contribution in [3.63, 3.8) is 0 Å². The third-order valence-electron chi connectivity index (χ3n) is 14.4. The standard InChI is InChI=1S/C42H68N2O9/c1-11-29(38(46)47)31-15-14-23(4)36(50-31)27(8)34-26(7)35(44-43-34)30(12-2)37-24(5)22-25(6)41(51-37)19-16-32(45)42(53-41)21-20-39(10,52-42)33-17-18-40(48,13-3)28(9)49-33/h16,19,23-25,27-33,36-37,45,48H,11-15,17-18,20-22H2,1-10H3,(H,43,44)(H,46,47)/t23-,24-,25+,27-,28-,29+,30-,31+,32+,33+,36+,37-,39-,40+,41-,42-/m0/s1. The van der Waals surface area contributed by atoms with Crippen LogP contribution in [0.2, 0.25) is 0 Å². The van der Waals surface area contributed by atoms with E-state index >= 15 is 0 Å². The molecule has 6 heterocycles. The summed E-state index contributed by atoms with van der Waals surface area (Å²) in [5.74, 6) is -3.21. The molecular formula is C42H68N2O9. The van der Waals surface area contributed by atoms with E-state index in [1.807, 2.05) is 33.8 Å². The molecule has 4 N–H and O–H groups in total. The van der Waals surface area contributed by atoms with Crippen molar-refractivity contribution in [1.29, 1.82) is 0 Å². The van der Waals surface area contributed by atoms with Crippen LogP contribution in [0.4, 0.5) is 0 Å². The maximum absolute atomic E-state index is 12.0. The fourth-order valence-corrected chi connectivity index (χ4v) is 10.7. The molecule has 5 aliphatic rings. The van der Waals surface area contributed by atoms with Crippen molar-refractivity contribution in [3.8, 4) is 0 Å². The van der Waals surface area contributed by atoms with Gasteiger partial charge in [-0.3, -0.25) is 9.89 Å². The molecule has 4 saturated heterocycles. The van der Waals surface area contributed by atoms with Crippen LogP contribution in [0.1, 0.15) is 155 Å². The van der Waals surface area contributed by atoms with Crippen LogP contribution in [0, 0.1) is 30.6 Å². The lowest BCUT2D eigenvalue weighted by Gasteiger charge is -2.54. The van der Waals surface area contributed by atoms with Gasteiger partial charge in [0, 0.05) is 29.9 Å². The van der Waals surface area contributed by atoms with Crippen LogP contribution in [0.5, 0.6) is 0 Å². The summed E-state index contributed by atoms with van der Waals surface area (Å²) in [6.45, 7) is 21.0. The van der Waals surface area contributed by atoms with E-state index in [9.17, 15) is 20.1 Å². The Morgan fingerprint density at radius 2 is 1.74 bits per heavy atom. The van der Waals surface area contributed by atoms with Gasteiger partial charge in [-0.2, -0.15) is 5.10 Å². The second kappa shape index (κ2) is 15.2. The third-order valence-corrected chi connectivity index (χ3v) is 14.4. The first-order valence-electron chi connectivity index (χ1n) is 20.7. The third kappa shape index (κ3) is 7.19. The Kier molecular flexibility index (Phi) is 11.7. The summed E-state index contributed by atoms with van der Waals surface area (Å²) in [5, 5.41) is 40.7. The predicted octanol–water partition coefficient (Wildman–Crippen LogP) is 7.29. The molecule has 53 heavy (non-hydrogen) atoms. The van der Waals surface area contributed by atoms with E-state index in [-0.39, 0.29) is 60.1 Å². The lowest BCUT2D eigenvalue weighted by Crippen LogP contribution is -2.62. The smallest absolute Gasteiger partial charge is 0.309 e. The van der Waals surface area contributed by atoms with Crippen molar-refractivity contribution in [2.75, 3.05) is 0 Å². The van der Waals surface area contributed by atoms with Gasteiger partial charge >= 0.3 is 5.97 Å². The van der Waals surface area contributed by atoms with Crippen molar-refractivity contribution in [3.05, 3.63) is 29.1 Å². The molecule has 16 atom stereocenters. The van der Waals surface area contributed by atoms with E-state index in [2.05, 4.69) is 46.6 Å². The molecule has 0 amide bonds. The van der Waals surface area contributed by atoms with Crippen LogP contribution >= 0.6 is 0 Å². The summed E-state index contributed by atoms with van der Waals surface area (Å²) < 4.78 is 34.1. The monoisotopic (exact) mass is 744 g/mol. The van der Waals surface area contributed by atoms with Gasteiger partial charge in [-0.1, -0.05) is 48.5 Å². The van der Waals surface area contributed by atoms with Gasteiger partial charge in [-0.15, -0.1) is 0 Å². The zero-order chi connectivity index (χ0) is 38.7. The van der Waals surface area contributed by atoms with Gasteiger partial charge in [0.2, 0.25) is 5.79 Å². The maximum atomic E-state index is 12.0. The predicted molar refractivity (Wildman–Crippen MR) is 200 cm³/mol. The summed E-state index contributed by atoms with van der Waals surface area (Å²) in [6, 6.07) is 0. The second-order valence-corrected chi connectivity index (χ2v) is 17.8. The zero-order valence-electron chi connectivity index (χ0n) is 33.9. The highest BCUT2D eigenvalue weighted by Gasteiger charge is 2.63. The summed E-state index contributed by atoms with van der Waals surface area (Å²) in [4.78, 5) is 12.0. The largest absolute Gasteiger partial charge is 0.481 e. The molecule has 0 radical (unpaired) electrons. The molecule has 6 rings (SSSR count). The van der Waals surface area contributed by atoms with Gasteiger partial charge in [0.25, 0.3) is 0 Å². The Morgan fingerprint density at radius 3 is 2.38 bits per heavy atom. The SMILES string of the molecule is CC[C@@H](C(=O)O)[C@H]1CC[C@H](C)[C@H]([C@@H](C)c2[nH]nc([C@H](CC)[C@H]3O[C@]4(C=C[C@@H](O)[C@]5(CC[C@@](C)([C@H]6CC[C@](O)(CC)[C@H](C)O6)O5)O4)[C@H](C)C[C@@H]3C)c2C)O1. The summed E-state index contributed by atoms with van der Waals surface area (Å²) in [6.07, 6.45) is 8.51. The fourth-order valence-electron chi connectivity index (χ4n) is 10.7. The van der Waals surface area contributed by atoms with Crippen molar-refractivity contribution in [1.82, 2.24) is 10.2 Å². The first kappa shape index (κ1) is 40.8. The number of carbonyl (C=O) groups is 1. The fraction of sp³-hybridized carbons (Fsp3) is 0.857. The van der Waals surface area contributed by atoms with Crippen LogP contribution in [0.25, 0.3) is 0 Å². The van der Waals surface area contributed by atoms with Crippen molar-refractivity contribution in [2.24, 2.45) is 23.7 Å². The number of aromatic nitrogens is 2. The molecule has 2 spiro atoms. The van der Waals surface area contributed by atoms with E-state index in [0.717, 1.165) is 42.6 Å². The van der Waals surface area contributed by atoms with Crippen molar-refractivity contribution < 1.29 is 43.8 Å². The van der Waals surface area contributed by atoms with E-state index in [1.165, 1.54) is 0 Å². The topological polar surface area (TPSA) is 153 Å². The van der Waals surface area contributed by atoms with Crippen LogP contribution in [-0.4, -0.2) is 90.9 Å². The van der Waals surface area contributed by atoms with E-state index < -0.39 is 40.8 Å². The average Bonchev–Trinajstić information content (AvgIpc) is 3.67. The second-order valence-electron chi connectivity index (χ2n) is 17.8. The number of H-pyrrole nitrogens is 1. The molecule has 0 unspecified atom stereocenters. The van der Waals surface area contributed by atoms with E-state index in [0.29, 0.717) is 38.5 Å². The van der Waals surface area contributed by atoms with Crippen LogP contribution in [0.15, 0.2) is 12.2 Å². The number of hydrogen-bond donors (Lipinski definition) is 4. The van der Waals surface area contributed by atoms with E-state index in [4.69, 9.17) is 28.8 Å². The number of aliphatic carboxylic acids is 1. The highest BCUT2D eigenvalue weighted by Crippen LogP contribution is 2.54. The quantitative estimate of drug-likeness (QED) is 0.180. The maximum Gasteiger partial charge on any atom is 0.309 e. The number of nitrogens with one attached hydrogen (secondary N) is 1. The molecule has 11 nitrogen and oxygen atoms in total. The number of aliphatic hydroxyl groups is 2. The van der Waals surface area contributed by atoms with Gasteiger partial charge in [-0.05, 0) is 108 Å². The highest BCUT2D eigenvalue weighted by atomic mass is 16.8. The van der Waals surface area contributed by atoms with Crippen LogP contribution in [-0.2, 0) is 28.5 Å². The molecule has 0 aliphatic carbocycles. The number of carboxylic acid groups (broad SMARTS) is 1. The Bertz CT molecular complexity index is 1480. The zero-order valence-corrected chi connectivity index (χ0v) is 33.9. The summed E-state index contributed by atoms with van der Waals surface area (Å²) in [7, 11) is 0. The molecule has 1 aromatic rings. The molecule has 4 fully saturated rings. The summed E-state index contributed by atoms with van der Waals surface area (Å²) >= 11 is 0. The molecule has 0 aromatic carbocycles. The van der Waals surface area contributed by atoms with Gasteiger partial charge in [0.05, 0.1) is 53.3 Å².